The fourth-order valence-corrected chi connectivity index (χ4v) is 2.53. The van der Waals surface area contributed by atoms with Crippen molar-refractivity contribution < 1.29 is 9.53 Å². The molecule has 2 aromatic heterocycles. The zero-order valence-electron chi connectivity index (χ0n) is 10.6. The van der Waals surface area contributed by atoms with Crippen LogP contribution < -0.4 is 5.56 Å². The van der Waals surface area contributed by atoms with Crippen LogP contribution in [0.15, 0.2) is 16.1 Å². The van der Waals surface area contributed by atoms with E-state index in [9.17, 15) is 9.59 Å². The van der Waals surface area contributed by atoms with Gasteiger partial charge in [0.05, 0.1) is 0 Å². The van der Waals surface area contributed by atoms with Crippen molar-refractivity contribution in [3.8, 4) is 0 Å². The van der Waals surface area contributed by atoms with Crippen molar-refractivity contribution in [1.29, 1.82) is 0 Å². The van der Waals surface area contributed by atoms with Gasteiger partial charge in [-0.3, -0.25) is 14.6 Å². The first-order valence-electron chi connectivity index (χ1n) is 5.76. The number of aryl methyl sites for hydroxylation is 1. The van der Waals surface area contributed by atoms with Crippen LogP contribution in [0.2, 0.25) is 0 Å². The first-order chi connectivity index (χ1) is 9.17. The van der Waals surface area contributed by atoms with Crippen molar-refractivity contribution in [3.05, 3.63) is 16.7 Å². The van der Waals surface area contributed by atoms with Crippen LogP contribution in [0, 0.1) is 0 Å². The molecule has 0 fully saturated rings. The van der Waals surface area contributed by atoms with E-state index in [1.54, 1.807) is 7.05 Å². The average molecular weight is 282 g/mol. The number of aromatic amines is 1. The summed E-state index contributed by atoms with van der Waals surface area (Å²) in [5.74, 6) is 0.445. The van der Waals surface area contributed by atoms with Gasteiger partial charge >= 0.3 is 0 Å². The number of fused-ring (bicyclic) bond motifs is 1. The number of hydrogen-bond acceptors (Lipinski definition) is 6. The Balaban J connectivity index is 2.23. The number of nitrogens with zero attached hydrogens (tertiary/aromatic N) is 3. The molecule has 1 unspecified atom stereocenters. The first kappa shape index (κ1) is 13.8. The van der Waals surface area contributed by atoms with Gasteiger partial charge in [-0.05, 0) is 6.92 Å². The van der Waals surface area contributed by atoms with Gasteiger partial charge in [0.1, 0.15) is 29.3 Å². The van der Waals surface area contributed by atoms with Crippen LogP contribution in [0.25, 0.3) is 11.0 Å². The van der Waals surface area contributed by atoms with Crippen LogP contribution in [0.5, 0.6) is 0 Å². The van der Waals surface area contributed by atoms with E-state index in [1.165, 1.54) is 22.8 Å². The Hall–Kier alpha value is -1.67. The lowest BCUT2D eigenvalue weighted by Gasteiger charge is -2.09. The van der Waals surface area contributed by atoms with E-state index >= 15 is 0 Å². The smallest absolute Gasteiger partial charge is 0.292 e. The molecule has 0 amide bonds. The van der Waals surface area contributed by atoms with E-state index in [4.69, 9.17) is 4.74 Å². The molecule has 0 saturated heterocycles. The van der Waals surface area contributed by atoms with E-state index in [2.05, 4.69) is 15.1 Å². The normalized spacial score (nSPS) is 12.7. The van der Waals surface area contributed by atoms with Crippen LogP contribution in [-0.4, -0.2) is 44.5 Å². The molecule has 0 bridgehead atoms. The van der Waals surface area contributed by atoms with Crippen molar-refractivity contribution in [2.24, 2.45) is 7.05 Å². The summed E-state index contributed by atoms with van der Waals surface area (Å²) in [6, 6.07) is 0. The predicted octanol–water partition coefficient (Wildman–Crippen LogP) is 0.353. The number of thioether (sulfide) groups is 1. The number of nitrogens with one attached hydrogen (secondary N) is 1. The second-order valence-electron chi connectivity index (χ2n) is 3.82. The molecule has 2 heterocycles. The van der Waals surface area contributed by atoms with Gasteiger partial charge in [-0.1, -0.05) is 0 Å². The van der Waals surface area contributed by atoms with Crippen molar-refractivity contribution in [2.45, 2.75) is 18.1 Å². The third-order valence-corrected chi connectivity index (χ3v) is 3.59. The summed E-state index contributed by atoms with van der Waals surface area (Å²) in [7, 11) is 1.62. The quantitative estimate of drug-likeness (QED) is 0.467. The molecule has 1 N–H and O–H groups in total. The molecule has 1 atom stereocenters. The fourth-order valence-electron chi connectivity index (χ4n) is 1.62. The lowest BCUT2D eigenvalue weighted by atomic mass is 10.4. The molecule has 0 aliphatic rings. The van der Waals surface area contributed by atoms with Gasteiger partial charge in [0.2, 0.25) is 0 Å². The lowest BCUT2D eigenvalue weighted by molar-refractivity contribution is -0.116. The summed E-state index contributed by atoms with van der Waals surface area (Å²) in [5, 5.41) is 3.53. The number of aldehydes is 1. The molecule has 7 nitrogen and oxygen atoms in total. The van der Waals surface area contributed by atoms with Crippen LogP contribution >= 0.6 is 11.8 Å². The average Bonchev–Trinajstić information content (AvgIpc) is 2.71. The highest BCUT2D eigenvalue weighted by molar-refractivity contribution is 7.99. The summed E-state index contributed by atoms with van der Waals surface area (Å²) >= 11 is 1.35. The van der Waals surface area contributed by atoms with E-state index in [1.807, 2.05) is 6.92 Å². The second kappa shape index (κ2) is 5.98. The van der Waals surface area contributed by atoms with Crippen LogP contribution in [0.3, 0.4) is 0 Å². The number of aromatic nitrogens is 4. The summed E-state index contributed by atoms with van der Waals surface area (Å²) in [6.07, 6.45) is 1.63. The van der Waals surface area contributed by atoms with Gasteiger partial charge in [0.15, 0.2) is 5.52 Å². The van der Waals surface area contributed by atoms with Crippen LogP contribution in [-0.2, 0) is 16.6 Å². The Morgan fingerprint density at radius 2 is 2.37 bits per heavy atom. The highest BCUT2D eigenvalue weighted by atomic mass is 32.2. The Bertz CT molecular complexity index is 636. The standard InChI is InChI=1S/C11H14N4O3S/c1-3-18-7(4-16)5-19-10-8-9(12-6-13-10)11(17)15(2)14-8/h4,6-7,14H,3,5H2,1-2H3. The molecular weight excluding hydrogens is 268 g/mol. The van der Waals surface area contributed by atoms with E-state index in [0.29, 0.717) is 28.4 Å². The molecule has 2 rings (SSSR count). The summed E-state index contributed by atoms with van der Waals surface area (Å²) in [6.45, 7) is 2.31. The zero-order valence-corrected chi connectivity index (χ0v) is 11.4. The number of carbonyl (C=O) groups is 1. The number of rotatable bonds is 6. The Labute approximate surface area is 113 Å². The molecule has 0 saturated carbocycles. The Kier molecular flexibility index (Phi) is 4.33. The molecular formula is C11H14N4O3S. The zero-order chi connectivity index (χ0) is 13.8. The highest BCUT2D eigenvalue weighted by Gasteiger charge is 2.14. The largest absolute Gasteiger partial charge is 0.370 e. The van der Waals surface area contributed by atoms with Gasteiger partial charge < -0.3 is 9.53 Å². The van der Waals surface area contributed by atoms with Crippen molar-refractivity contribution in [3.63, 3.8) is 0 Å². The van der Waals surface area contributed by atoms with Gasteiger partial charge in [0, 0.05) is 19.4 Å². The minimum atomic E-state index is -0.476. The molecule has 2 aromatic rings. The number of carbonyl (C=O) groups excluding carboxylic acids is 1. The lowest BCUT2D eigenvalue weighted by Crippen LogP contribution is -2.17. The van der Waals surface area contributed by atoms with Crippen molar-refractivity contribution in [2.75, 3.05) is 12.4 Å². The summed E-state index contributed by atoms with van der Waals surface area (Å²) in [5.41, 5.74) is 0.733. The maximum Gasteiger partial charge on any atom is 0.292 e. The number of ether oxygens (including phenoxy) is 1. The van der Waals surface area contributed by atoms with E-state index < -0.39 is 6.10 Å². The minimum Gasteiger partial charge on any atom is -0.370 e. The van der Waals surface area contributed by atoms with Gasteiger partial charge in [-0.25, -0.2) is 9.97 Å². The predicted molar refractivity (Wildman–Crippen MR) is 71.3 cm³/mol. The maximum absolute atomic E-state index is 11.7. The molecule has 102 valence electrons. The Morgan fingerprint density at radius 3 is 3.05 bits per heavy atom. The molecule has 8 heteroatoms. The van der Waals surface area contributed by atoms with Gasteiger partial charge in [0.25, 0.3) is 5.56 Å². The molecule has 0 aliphatic heterocycles. The number of hydrogen-bond donors (Lipinski definition) is 1. The van der Waals surface area contributed by atoms with E-state index in [0.717, 1.165) is 6.29 Å². The van der Waals surface area contributed by atoms with E-state index in [-0.39, 0.29) is 5.56 Å². The van der Waals surface area contributed by atoms with Crippen molar-refractivity contribution in [1.82, 2.24) is 19.7 Å². The van der Waals surface area contributed by atoms with Crippen LogP contribution in [0.4, 0.5) is 0 Å². The topological polar surface area (TPSA) is 89.9 Å². The SMILES string of the molecule is CCOC(C=O)CSc1ncnc2c(=O)n(C)[nH]c12. The third kappa shape index (κ3) is 2.85. The highest BCUT2D eigenvalue weighted by Crippen LogP contribution is 2.22. The molecule has 0 radical (unpaired) electrons. The fraction of sp³-hybridized carbons (Fsp3) is 0.455. The monoisotopic (exact) mass is 282 g/mol. The minimum absolute atomic E-state index is 0.198. The van der Waals surface area contributed by atoms with Crippen LogP contribution in [0.1, 0.15) is 6.92 Å². The third-order valence-electron chi connectivity index (χ3n) is 2.52. The molecule has 0 spiro atoms. The van der Waals surface area contributed by atoms with Gasteiger partial charge in [-0.2, -0.15) is 0 Å². The van der Waals surface area contributed by atoms with Crippen molar-refractivity contribution >= 4 is 29.1 Å². The molecule has 0 aliphatic carbocycles. The molecule has 19 heavy (non-hydrogen) atoms. The van der Waals surface area contributed by atoms with Gasteiger partial charge in [-0.15, -0.1) is 11.8 Å². The molecule has 0 aromatic carbocycles. The second-order valence-corrected chi connectivity index (χ2v) is 4.83. The summed E-state index contributed by atoms with van der Waals surface area (Å²) < 4.78 is 6.59. The Morgan fingerprint density at radius 1 is 1.58 bits per heavy atom. The first-order valence-corrected chi connectivity index (χ1v) is 6.75. The number of H-pyrrole nitrogens is 1. The summed E-state index contributed by atoms with van der Waals surface area (Å²) in [4.78, 5) is 30.6. The maximum atomic E-state index is 11.7.